The van der Waals surface area contributed by atoms with Crippen molar-refractivity contribution in [3.8, 4) is 0 Å². The van der Waals surface area contributed by atoms with E-state index < -0.39 is 0 Å². The Balaban J connectivity index is 1.16. The van der Waals surface area contributed by atoms with Crippen molar-refractivity contribution in [1.82, 2.24) is 15.1 Å². The van der Waals surface area contributed by atoms with Crippen molar-refractivity contribution in [2.24, 2.45) is 17.8 Å². The highest BCUT2D eigenvalue weighted by Gasteiger charge is 2.42. The summed E-state index contributed by atoms with van der Waals surface area (Å²) in [4.78, 5) is 41.2. The van der Waals surface area contributed by atoms with E-state index in [0.29, 0.717) is 30.5 Å². The van der Waals surface area contributed by atoms with Crippen LogP contribution in [-0.2, 0) is 28.4 Å². The SMILES string of the molecule is CC1CC2CC(C1)CC(C)(N(C)Cc1ccc(CSc3ccc(C=O)c(CN(C)C4CCC(=O)NC4=O)c3)cc1)C2. The zero-order chi connectivity index (χ0) is 29.1. The molecule has 2 aliphatic carbocycles. The summed E-state index contributed by atoms with van der Waals surface area (Å²) in [5.74, 6) is 3.04. The number of carbonyl (C=O) groups is 3. The predicted molar refractivity (Wildman–Crippen MR) is 165 cm³/mol. The van der Waals surface area contributed by atoms with Gasteiger partial charge in [0.1, 0.15) is 6.29 Å². The molecule has 0 radical (unpaired) electrons. The molecule has 2 saturated carbocycles. The Kier molecular flexibility index (Phi) is 9.37. The molecule has 2 amide bonds. The van der Waals surface area contributed by atoms with Gasteiger partial charge in [-0.25, -0.2) is 0 Å². The van der Waals surface area contributed by atoms with E-state index in [9.17, 15) is 14.4 Å². The highest BCUT2D eigenvalue weighted by atomic mass is 32.2. The van der Waals surface area contributed by atoms with Gasteiger partial charge in [-0.05, 0) is 106 Å². The van der Waals surface area contributed by atoms with Crippen LogP contribution in [0.3, 0.4) is 0 Å². The number of carbonyl (C=O) groups excluding carboxylic acids is 3. The number of hydrogen-bond acceptors (Lipinski definition) is 6. The number of thioether (sulfide) groups is 1. The molecule has 7 heteroatoms. The van der Waals surface area contributed by atoms with E-state index in [1.807, 2.05) is 24.1 Å². The van der Waals surface area contributed by atoms with Gasteiger partial charge in [-0.15, -0.1) is 11.8 Å². The summed E-state index contributed by atoms with van der Waals surface area (Å²) >= 11 is 1.75. The second-order valence-electron chi connectivity index (χ2n) is 13.3. The Morgan fingerprint density at radius 1 is 0.976 bits per heavy atom. The van der Waals surface area contributed by atoms with Crippen LogP contribution in [-0.4, -0.2) is 53.6 Å². The molecule has 220 valence electrons. The van der Waals surface area contributed by atoms with Gasteiger partial charge in [0, 0.05) is 41.3 Å². The first-order valence-electron chi connectivity index (χ1n) is 15.2. The maximum absolute atomic E-state index is 12.3. The van der Waals surface area contributed by atoms with Crippen LogP contribution in [0.5, 0.6) is 0 Å². The number of amides is 2. The van der Waals surface area contributed by atoms with Crippen molar-refractivity contribution < 1.29 is 14.4 Å². The average Bonchev–Trinajstić information content (AvgIpc) is 2.92. The first-order valence-corrected chi connectivity index (χ1v) is 16.1. The van der Waals surface area contributed by atoms with E-state index in [-0.39, 0.29) is 17.9 Å². The maximum Gasteiger partial charge on any atom is 0.243 e. The van der Waals surface area contributed by atoms with E-state index >= 15 is 0 Å². The van der Waals surface area contributed by atoms with Crippen LogP contribution in [0.15, 0.2) is 47.4 Å². The minimum Gasteiger partial charge on any atom is -0.298 e. The van der Waals surface area contributed by atoms with Crippen molar-refractivity contribution in [3.63, 3.8) is 0 Å². The van der Waals surface area contributed by atoms with Crippen molar-refractivity contribution in [1.29, 1.82) is 0 Å². The van der Waals surface area contributed by atoms with Gasteiger partial charge in [-0.3, -0.25) is 29.5 Å². The Labute approximate surface area is 249 Å². The molecular weight excluding hydrogens is 530 g/mol. The number of nitrogens with one attached hydrogen (secondary N) is 1. The van der Waals surface area contributed by atoms with Gasteiger partial charge < -0.3 is 0 Å². The van der Waals surface area contributed by atoms with Crippen LogP contribution in [0.4, 0.5) is 0 Å². The molecule has 2 aromatic carbocycles. The third-order valence-corrected chi connectivity index (χ3v) is 10.8. The van der Waals surface area contributed by atoms with Gasteiger partial charge in [-0.1, -0.05) is 37.3 Å². The lowest BCUT2D eigenvalue weighted by Crippen LogP contribution is -2.51. The molecule has 3 fully saturated rings. The zero-order valence-corrected chi connectivity index (χ0v) is 25.8. The fourth-order valence-corrected chi connectivity index (χ4v) is 8.56. The van der Waals surface area contributed by atoms with Crippen LogP contribution in [0.2, 0.25) is 0 Å². The number of rotatable bonds is 10. The number of likely N-dealkylation sites (N-methyl/N-ethyl adjacent to an activating group) is 1. The fourth-order valence-electron chi connectivity index (χ4n) is 7.65. The minimum atomic E-state index is -0.370. The first kappa shape index (κ1) is 30.0. The summed E-state index contributed by atoms with van der Waals surface area (Å²) in [5, 5.41) is 2.42. The Hall–Kier alpha value is -2.48. The minimum absolute atomic E-state index is 0.220. The van der Waals surface area contributed by atoms with Gasteiger partial charge in [0.15, 0.2) is 0 Å². The normalized spacial score (nSPS) is 28.1. The third kappa shape index (κ3) is 7.30. The van der Waals surface area contributed by atoms with E-state index in [2.05, 4.69) is 61.4 Å². The highest BCUT2D eigenvalue weighted by Crippen LogP contribution is 2.48. The topological polar surface area (TPSA) is 69.7 Å². The summed E-state index contributed by atoms with van der Waals surface area (Å²) in [6.07, 6.45) is 8.61. The Morgan fingerprint density at radius 2 is 1.66 bits per heavy atom. The van der Waals surface area contributed by atoms with E-state index in [1.165, 1.54) is 43.2 Å². The number of piperidine rings is 1. The number of nitrogens with zero attached hydrogens (tertiary/aromatic N) is 2. The van der Waals surface area contributed by atoms with Gasteiger partial charge in [0.05, 0.1) is 6.04 Å². The molecule has 0 aromatic heterocycles. The molecule has 1 aliphatic heterocycles. The molecule has 3 aliphatic rings. The summed E-state index contributed by atoms with van der Waals surface area (Å²) < 4.78 is 0. The number of aldehydes is 1. The molecule has 0 spiro atoms. The molecule has 1 saturated heterocycles. The average molecular weight is 576 g/mol. The summed E-state index contributed by atoms with van der Waals surface area (Å²) in [6.45, 7) is 6.37. The lowest BCUT2D eigenvalue weighted by molar-refractivity contribution is -0.137. The van der Waals surface area contributed by atoms with Crippen LogP contribution in [0.1, 0.15) is 85.8 Å². The third-order valence-electron chi connectivity index (χ3n) is 9.77. The van der Waals surface area contributed by atoms with Crippen LogP contribution in [0, 0.1) is 17.8 Å². The number of benzene rings is 2. The number of fused-ring (bicyclic) bond motifs is 2. The lowest BCUT2D eigenvalue weighted by Gasteiger charge is -2.51. The monoisotopic (exact) mass is 575 g/mol. The lowest BCUT2D eigenvalue weighted by atomic mass is 9.62. The quantitative estimate of drug-likeness (QED) is 0.211. The van der Waals surface area contributed by atoms with Crippen molar-refractivity contribution in [2.75, 3.05) is 14.1 Å². The van der Waals surface area contributed by atoms with Gasteiger partial charge >= 0.3 is 0 Å². The van der Waals surface area contributed by atoms with Crippen molar-refractivity contribution >= 4 is 29.9 Å². The standard InChI is InChI=1S/C34H45N3O3S/c1-23-13-26-15-27(14-23)18-34(2,17-26)37(4)19-24-5-7-25(8-6-24)22-41-30-10-9-28(21-38)29(16-30)20-36(3)31-11-12-32(39)35-33(31)40/h5-10,16,21,23,26-27,31H,11-15,17-20,22H2,1-4H3,(H,35,39,40). The smallest absolute Gasteiger partial charge is 0.243 e. The molecule has 2 aromatic rings. The van der Waals surface area contributed by atoms with Gasteiger partial charge in [-0.2, -0.15) is 0 Å². The summed E-state index contributed by atoms with van der Waals surface area (Å²) in [7, 11) is 4.18. The van der Waals surface area contributed by atoms with Crippen LogP contribution < -0.4 is 5.32 Å². The Morgan fingerprint density at radius 3 is 2.32 bits per heavy atom. The number of imide groups is 1. The van der Waals surface area contributed by atoms with Crippen LogP contribution in [0.25, 0.3) is 0 Å². The molecule has 2 bridgehead atoms. The second kappa shape index (κ2) is 12.8. The van der Waals surface area contributed by atoms with E-state index in [0.717, 1.165) is 46.8 Å². The highest BCUT2D eigenvalue weighted by molar-refractivity contribution is 7.98. The fraction of sp³-hybridized carbons (Fsp3) is 0.559. The molecule has 1 heterocycles. The summed E-state index contributed by atoms with van der Waals surface area (Å²) in [6, 6.07) is 14.6. The largest absolute Gasteiger partial charge is 0.298 e. The molecule has 3 atom stereocenters. The molecule has 1 N–H and O–H groups in total. The molecule has 41 heavy (non-hydrogen) atoms. The first-order chi connectivity index (χ1) is 19.6. The van der Waals surface area contributed by atoms with Gasteiger partial charge in [0.25, 0.3) is 0 Å². The predicted octanol–water partition coefficient (Wildman–Crippen LogP) is 6.07. The Bertz CT molecular complexity index is 1240. The van der Waals surface area contributed by atoms with E-state index in [4.69, 9.17) is 0 Å². The molecular formula is C34H45N3O3S. The van der Waals surface area contributed by atoms with Gasteiger partial charge in [0.2, 0.25) is 11.8 Å². The second-order valence-corrected chi connectivity index (χ2v) is 14.3. The molecule has 6 nitrogen and oxygen atoms in total. The van der Waals surface area contributed by atoms with Crippen LogP contribution >= 0.6 is 11.8 Å². The van der Waals surface area contributed by atoms with Crippen molar-refractivity contribution in [3.05, 3.63) is 64.7 Å². The number of hydrogen-bond donors (Lipinski definition) is 1. The maximum atomic E-state index is 12.3. The van der Waals surface area contributed by atoms with E-state index in [1.54, 1.807) is 11.8 Å². The van der Waals surface area contributed by atoms with Crippen molar-refractivity contribution in [2.45, 2.75) is 94.1 Å². The molecule has 3 unspecified atom stereocenters. The summed E-state index contributed by atoms with van der Waals surface area (Å²) in [5.41, 5.74) is 4.45. The molecule has 5 rings (SSSR count). The zero-order valence-electron chi connectivity index (χ0n) is 25.0.